The normalized spacial score (nSPS) is 18.6. The Balaban J connectivity index is 1.78. The predicted octanol–water partition coefficient (Wildman–Crippen LogP) is 2.65. The highest BCUT2D eigenvalue weighted by atomic mass is 32.2. The van der Waals surface area contributed by atoms with Crippen LogP contribution >= 0.6 is 11.8 Å². The van der Waals surface area contributed by atoms with Crippen LogP contribution in [-0.4, -0.2) is 37.2 Å². The van der Waals surface area contributed by atoms with Crippen molar-refractivity contribution >= 4 is 17.7 Å². The van der Waals surface area contributed by atoms with Crippen molar-refractivity contribution in [3.05, 3.63) is 29.8 Å². The number of nitrogens with zero attached hydrogens (tertiary/aromatic N) is 1. The summed E-state index contributed by atoms with van der Waals surface area (Å²) in [4.78, 5) is 4.28. The molecule has 1 heterocycles. The Morgan fingerprint density at radius 3 is 3.05 bits per heavy atom. The van der Waals surface area contributed by atoms with Gasteiger partial charge in [0.15, 0.2) is 5.96 Å². The SMILES string of the molecule is CCOc1cccc(CNC(=NC)NCC2CCCS2)c1. The highest BCUT2D eigenvalue weighted by Crippen LogP contribution is 2.25. The Labute approximate surface area is 131 Å². The van der Waals surface area contributed by atoms with Gasteiger partial charge in [-0.2, -0.15) is 11.8 Å². The van der Waals surface area contributed by atoms with E-state index in [0.717, 1.165) is 30.0 Å². The first kappa shape index (κ1) is 16.0. The maximum Gasteiger partial charge on any atom is 0.191 e. The van der Waals surface area contributed by atoms with Gasteiger partial charge < -0.3 is 15.4 Å². The number of ether oxygens (including phenoxy) is 1. The third-order valence-corrected chi connectivity index (χ3v) is 4.81. The lowest BCUT2D eigenvalue weighted by atomic mass is 10.2. The van der Waals surface area contributed by atoms with Crippen LogP contribution in [0.5, 0.6) is 5.75 Å². The van der Waals surface area contributed by atoms with Crippen molar-refractivity contribution in [3.8, 4) is 5.75 Å². The van der Waals surface area contributed by atoms with Gasteiger partial charge in [-0.05, 0) is 43.2 Å². The molecule has 2 N–H and O–H groups in total. The van der Waals surface area contributed by atoms with E-state index in [0.29, 0.717) is 6.61 Å². The van der Waals surface area contributed by atoms with Gasteiger partial charge >= 0.3 is 0 Å². The van der Waals surface area contributed by atoms with Crippen LogP contribution in [0.3, 0.4) is 0 Å². The van der Waals surface area contributed by atoms with Gasteiger partial charge in [-0.3, -0.25) is 4.99 Å². The first-order valence-electron chi connectivity index (χ1n) is 7.59. The zero-order valence-corrected chi connectivity index (χ0v) is 13.7. The van der Waals surface area contributed by atoms with E-state index >= 15 is 0 Å². The maximum absolute atomic E-state index is 5.52. The molecule has 1 saturated heterocycles. The zero-order valence-electron chi connectivity index (χ0n) is 12.9. The van der Waals surface area contributed by atoms with Gasteiger partial charge in [-0.1, -0.05) is 12.1 Å². The topological polar surface area (TPSA) is 45.6 Å². The lowest BCUT2D eigenvalue weighted by Crippen LogP contribution is -2.39. The Bertz CT molecular complexity index is 459. The second-order valence-corrected chi connectivity index (χ2v) is 6.43. The largest absolute Gasteiger partial charge is 0.494 e. The standard InChI is InChI=1S/C16H25N3OS/c1-3-20-14-7-4-6-13(10-14)11-18-16(17-2)19-12-15-8-5-9-21-15/h4,6-7,10,15H,3,5,8-9,11-12H2,1-2H3,(H2,17,18,19). The molecule has 1 fully saturated rings. The zero-order chi connectivity index (χ0) is 14.9. The van der Waals surface area contributed by atoms with Gasteiger partial charge in [-0.15, -0.1) is 0 Å². The monoisotopic (exact) mass is 307 g/mol. The quantitative estimate of drug-likeness (QED) is 0.626. The van der Waals surface area contributed by atoms with Crippen molar-refractivity contribution in [2.24, 2.45) is 4.99 Å². The van der Waals surface area contributed by atoms with Crippen molar-refractivity contribution in [2.75, 3.05) is 26.0 Å². The fourth-order valence-corrected chi connectivity index (χ4v) is 3.54. The van der Waals surface area contributed by atoms with E-state index in [1.165, 1.54) is 24.2 Å². The van der Waals surface area contributed by atoms with E-state index in [1.54, 1.807) is 0 Å². The van der Waals surface area contributed by atoms with Crippen LogP contribution in [-0.2, 0) is 6.54 Å². The summed E-state index contributed by atoms with van der Waals surface area (Å²) in [6, 6.07) is 8.16. The van der Waals surface area contributed by atoms with E-state index in [2.05, 4.69) is 39.5 Å². The first-order chi connectivity index (χ1) is 10.3. The van der Waals surface area contributed by atoms with Gasteiger partial charge in [0, 0.05) is 25.4 Å². The van der Waals surface area contributed by atoms with Crippen LogP contribution in [0.2, 0.25) is 0 Å². The van der Waals surface area contributed by atoms with Crippen molar-refractivity contribution in [2.45, 2.75) is 31.6 Å². The minimum absolute atomic E-state index is 0.694. The summed E-state index contributed by atoms with van der Waals surface area (Å²) in [6.45, 7) is 4.43. The molecule has 0 bridgehead atoms. The lowest BCUT2D eigenvalue weighted by molar-refractivity contribution is 0.340. The van der Waals surface area contributed by atoms with E-state index in [4.69, 9.17) is 4.74 Å². The van der Waals surface area contributed by atoms with Crippen LogP contribution in [0.4, 0.5) is 0 Å². The average molecular weight is 307 g/mol. The molecule has 1 atom stereocenters. The molecule has 116 valence electrons. The molecule has 1 unspecified atom stereocenters. The number of guanidine groups is 1. The number of hydrogen-bond acceptors (Lipinski definition) is 3. The van der Waals surface area contributed by atoms with Crippen LogP contribution in [0.1, 0.15) is 25.3 Å². The molecule has 1 aromatic carbocycles. The number of aliphatic imine (C=N–C) groups is 1. The molecule has 0 aliphatic carbocycles. The fourth-order valence-electron chi connectivity index (χ4n) is 2.33. The van der Waals surface area contributed by atoms with Gasteiger partial charge in [0.1, 0.15) is 5.75 Å². The molecular formula is C16H25N3OS. The smallest absolute Gasteiger partial charge is 0.191 e. The third-order valence-electron chi connectivity index (χ3n) is 3.41. The molecular weight excluding hydrogens is 282 g/mol. The van der Waals surface area contributed by atoms with Crippen LogP contribution in [0.15, 0.2) is 29.3 Å². The molecule has 0 amide bonds. The number of rotatable bonds is 6. The summed E-state index contributed by atoms with van der Waals surface area (Å²) < 4.78 is 5.52. The van der Waals surface area contributed by atoms with Gasteiger partial charge in [-0.25, -0.2) is 0 Å². The van der Waals surface area contributed by atoms with E-state index in [-0.39, 0.29) is 0 Å². The highest BCUT2D eigenvalue weighted by molar-refractivity contribution is 8.00. The van der Waals surface area contributed by atoms with Crippen LogP contribution in [0, 0.1) is 0 Å². The Morgan fingerprint density at radius 2 is 2.33 bits per heavy atom. The molecule has 0 saturated carbocycles. The summed E-state index contributed by atoms with van der Waals surface area (Å²) in [5.74, 6) is 3.08. The average Bonchev–Trinajstić information content (AvgIpc) is 3.01. The number of benzene rings is 1. The van der Waals surface area contributed by atoms with Gasteiger partial charge in [0.05, 0.1) is 6.61 Å². The molecule has 1 aromatic rings. The molecule has 21 heavy (non-hydrogen) atoms. The number of hydrogen-bond donors (Lipinski definition) is 2. The van der Waals surface area contributed by atoms with Gasteiger partial charge in [0.2, 0.25) is 0 Å². The number of thioether (sulfide) groups is 1. The maximum atomic E-state index is 5.52. The molecule has 0 radical (unpaired) electrons. The van der Waals surface area contributed by atoms with Crippen molar-refractivity contribution in [1.29, 1.82) is 0 Å². The summed E-state index contributed by atoms with van der Waals surface area (Å²) in [6.07, 6.45) is 2.65. The molecule has 1 aliphatic heterocycles. The first-order valence-corrected chi connectivity index (χ1v) is 8.64. The van der Waals surface area contributed by atoms with Gasteiger partial charge in [0.25, 0.3) is 0 Å². The summed E-state index contributed by atoms with van der Waals surface area (Å²) >= 11 is 2.05. The number of nitrogens with one attached hydrogen (secondary N) is 2. The Kier molecular flexibility index (Phi) is 6.73. The second-order valence-electron chi connectivity index (χ2n) is 5.02. The minimum atomic E-state index is 0.694. The molecule has 5 heteroatoms. The molecule has 2 rings (SSSR count). The van der Waals surface area contributed by atoms with E-state index in [1.807, 2.05) is 26.1 Å². The molecule has 0 aromatic heterocycles. The third kappa shape index (κ3) is 5.50. The fraction of sp³-hybridized carbons (Fsp3) is 0.562. The van der Waals surface area contributed by atoms with Crippen molar-refractivity contribution in [3.63, 3.8) is 0 Å². The van der Waals surface area contributed by atoms with E-state index in [9.17, 15) is 0 Å². The lowest BCUT2D eigenvalue weighted by Gasteiger charge is -2.15. The molecule has 0 spiro atoms. The van der Waals surface area contributed by atoms with Crippen molar-refractivity contribution < 1.29 is 4.74 Å². The summed E-state index contributed by atoms with van der Waals surface area (Å²) in [5, 5.41) is 7.49. The van der Waals surface area contributed by atoms with Crippen LogP contribution < -0.4 is 15.4 Å². The summed E-state index contributed by atoms with van der Waals surface area (Å²) in [5.41, 5.74) is 1.19. The van der Waals surface area contributed by atoms with Crippen LogP contribution in [0.25, 0.3) is 0 Å². The van der Waals surface area contributed by atoms with Crippen molar-refractivity contribution in [1.82, 2.24) is 10.6 Å². The Morgan fingerprint density at radius 1 is 1.43 bits per heavy atom. The molecule has 1 aliphatic rings. The second kappa shape index (κ2) is 8.82. The predicted molar refractivity (Wildman–Crippen MR) is 91.3 cm³/mol. The summed E-state index contributed by atoms with van der Waals surface area (Å²) in [7, 11) is 1.81. The Hall–Kier alpha value is -1.36. The minimum Gasteiger partial charge on any atom is -0.494 e. The molecule has 4 nitrogen and oxygen atoms in total. The highest BCUT2D eigenvalue weighted by Gasteiger charge is 2.15. The van der Waals surface area contributed by atoms with E-state index < -0.39 is 0 Å².